The first-order valence-corrected chi connectivity index (χ1v) is 19.7. The molecule has 0 atom stereocenters. The molecular weight excluding hydrogens is 689 g/mol. The van der Waals surface area contributed by atoms with Crippen molar-refractivity contribution in [2.75, 3.05) is 0 Å². The number of fused-ring (bicyclic) bond motifs is 8. The fourth-order valence-electron chi connectivity index (χ4n) is 9.62. The zero-order chi connectivity index (χ0) is 37.5. The molecule has 0 amide bonds. The van der Waals surface area contributed by atoms with Gasteiger partial charge in [-0.25, -0.2) is 0 Å². The quantitative estimate of drug-likeness (QED) is 0.165. The van der Waals surface area contributed by atoms with Gasteiger partial charge in [0.25, 0.3) is 0 Å². The zero-order valence-electron chi connectivity index (χ0n) is 31.0. The van der Waals surface area contributed by atoms with E-state index in [0.717, 1.165) is 27.5 Å². The number of hydrogen-bond donors (Lipinski definition) is 0. The maximum absolute atomic E-state index is 6.72. The third-order valence-electron chi connectivity index (χ3n) is 12.0. The second kappa shape index (κ2) is 12.5. The van der Waals surface area contributed by atoms with E-state index in [1.165, 1.54) is 92.8 Å². The van der Waals surface area contributed by atoms with Crippen LogP contribution in [0.25, 0.3) is 120 Å². The first-order chi connectivity index (χ1) is 28.3. The van der Waals surface area contributed by atoms with Gasteiger partial charge in [-0.05, 0) is 123 Å². The van der Waals surface area contributed by atoms with Gasteiger partial charge in [0.05, 0.1) is 0 Å². The van der Waals surface area contributed by atoms with Gasteiger partial charge in [-0.1, -0.05) is 182 Å². The molecule has 1 heteroatoms. The van der Waals surface area contributed by atoms with Gasteiger partial charge in [-0.2, -0.15) is 0 Å². The van der Waals surface area contributed by atoms with E-state index in [1.54, 1.807) is 0 Å². The monoisotopic (exact) mass is 722 g/mol. The molecule has 0 saturated carbocycles. The number of rotatable bonds is 4. The molecule has 0 aliphatic heterocycles. The van der Waals surface area contributed by atoms with Crippen molar-refractivity contribution in [2.45, 2.75) is 0 Å². The van der Waals surface area contributed by atoms with Crippen LogP contribution in [-0.2, 0) is 0 Å². The van der Waals surface area contributed by atoms with Crippen molar-refractivity contribution < 1.29 is 4.42 Å². The summed E-state index contributed by atoms with van der Waals surface area (Å²) in [6, 6.07) is 75.1. The summed E-state index contributed by atoms with van der Waals surface area (Å²) in [5, 5.41) is 14.7. The molecule has 12 rings (SSSR count). The minimum absolute atomic E-state index is 0.889. The molecule has 0 spiro atoms. The van der Waals surface area contributed by atoms with Gasteiger partial charge < -0.3 is 4.42 Å². The molecule has 0 bridgehead atoms. The van der Waals surface area contributed by atoms with Crippen LogP contribution in [-0.4, -0.2) is 0 Å². The lowest BCUT2D eigenvalue weighted by Crippen LogP contribution is -1.91. The van der Waals surface area contributed by atoms with Gasteiger partial charge in [-0.3, -0.25) is 0 Å². The van der Waals surface area contributed by atoms with Crippen LogP contribution in [0, 0.1) is 0 Å². The van der Waals surface area contributed by atoms with Crippen LogP contribution in [0.15, 0.2) is 211 Å². The predicted molar refractivity (Wildman–Crippen MR) is 243 cm³/mol. The Hall–Kier alpha value is -7.48. The molecule has 0 N–H and O–H groups in total. The van der Waals surface area contributed by atoms with Crippen LogP contribution in [0.3, 0.4) is 0 Å². The maximum Gasteiger partial charge on any atom is 0.136 e. The Morgan fingerprint density at radius 1 is 0.228 bits per heavy atom. The number of benzene rings is 11. The first kappa shape index (κ1) is 31.8. The topological polar surface area (TPSA) is 13.1 Å². The van der Waals surface area contributed by atoms with Gasteiger partial charge in [0.1, 0.15) is 11.2 Å². The molecule has 11 aromatic carbocycles. The Balaban J connectivity index is 1.07. The largest absolute Gasteiger partial charge is 0.456 e. The van der Waals surface area contributed by atoms with Crippen molar-refractivity contribution in [3.05, 3.63) is 206 Å². The average molecular weight is 723 g/mol. The third-order valence-corrected chi connectivity index (χ3v) is 12.0. The zero-order valence-corrected chi connectivity index (χ0v) is 31.0. The molecule has 1 heterocycles. The Morgan fingerprint density at radius 3 is 1.25 bits per heavy atom. The van der Waals surface area contributed by atoms with E-state index < -0.39 is 0 Å². The lowest BCUT2D eigenvalue weighted by Gasteiger charge is -2.18. The van der Waals surface area contributed by atoms with Gasteiger partial charge in [0.2, 0.25) is 0 Å². The van der Waals surface area contributed by atoms with Crippen LogP contribution in [0.4, 0.5) is 0 Å². The SMILES string of the molecule is c1ccc(-c2c3ccccc3c(-c3ccc4oc5cc(-c6c7ccccc7c(-c7cccc8ccccc78)c7ccccc67)ccc5c4c3)c3ccccc23)cc1. The second-order valence-electron chi connectivity index (χ2n) is 15.1. The average Bonchev–Trinajstić information content (AvgIpc) is 3.64. The summed E-state index contributed by atoms with van der Waals surface area (Å²) < 4.78 is 6.72. The van der Waals surface area contributed by atoms with E-state index in [-0.39, 0.29) is 0 Å². The first-order valence-electron chi connectivity index (χ1n) is 19.7. The molecule has 12 aromatic rings. The molecule has 0 aliphatic carbocycles. The summed E-state index contributed by atoms with van der Waals surface area (Å²) in [6.45, 7) is 0. The van der Waals surface area contributed by atoms with E-state index in [4.69, 9.17) is 4.42 Å². The van der Waals surface area contributed by atoms with Crippen molar-refractivity contribution >= 4 is 75.8 Å². The Labute approximate surface area is 329 Å². The Kier molecular flexibility index (Phi) is 7.00. The lowest BCUT2D eigenvalue weighted by molar-refractivity contribution is 0.669. The summed E-state index contributed by atoms with van der Waals surface area (Å²) in [4.78, 5) is 0. The van der Waals surface area contributed by atoms with Gasteiger partial charge in [0.15, 0.2) is 0 Å². The van der Waals surface area contributed by atoms with Crippen molar-refractivity contribution in [2.24, 2.45) is 0 Å². The van der Waals surface area contributed by atoms with Crippen LogP contribution in [0.1, 0.15) is 0 Å². The minimum Gasteiger partial charge on any atom is -0.456 e. The van der Waals surface area contributed by atoms with Crippen molar-refractivity contribution in [1.29, 1.82) is 0 Å². The molecule has 0 aliphatic rings. The van der Waals surface area contributed by atoms with Crippen molar-refractivity contribution in [1.82, 2.24) is 0 Å². The van der Waals surface area contributed by atoms with Crippen molar-refractivity contribution in [3.8, 4) is 44.5 Å². The summed E-state index contributed by atoms with van der Waals surface area (Å²) in [6.07, 6.45) is 0. The van der Waals surface area contributed by atoms with E-state index in [1.807, 2.05) is 0 Å². The van der Waals surface area contributed by atoms with Gasteiger partial charge in [-0.15, -0.1) is 0 Å². The highest BCUT2D eigenvalue weighted by atomic mass is 16.3. The molecule has 0 saturated heterocycles. The van der Waals surface area contributed by atoms with E-state index in [2.05, 4.69) is 206 Å². The normalized spacial score (nSPS) is 11.9. The smallest absolute Gasteiger partial charge is 0.136 e. The molecule has 1 aromatic heterocycles. The number of hydrogen-bond acceptors (Lipinski definition) is 1. The molecule has 0 radical (unpaired) electrons. The summed E-state index contributed by atoms with van der Waals surface area (Å²) >= 11 is 0. The molecule has 1 nitrogen and oxygen atoms in total. The predicted octanol–water partition coefficient (Wildman–Crippen LogP) is 16.0. The van der Waals surface area contributed by atoms with Crippen LogP contribution >= 0.6 is 0 Å². The minimum atomic E-state index is 0.889. The summed E-state index contributed by atoms with van der Waals surface area (Å²) in [7, 11) is 0. The highest BCUT2D eigenvalue weighted by Gasteiger charge is 2.20. The molecule has 264 valence electrons. The van der Waals surface area contributed by atoms with Gasteiger partial charge in [0, 0.05) is 10.8 Å². The summed E-state index contributed by atoms with van der Waals surface area (Å²) in [5.41, 5.74) is 11.6. The van der Waals surface area contributed by atoms with Crippen LogP contribution in [0.5, 0.6) is 0 Å². The second-order valence-corrected chi connectivity index (χ2v) is 15.1. The van der Waals surface area contributed by atoms with E-state index >= 15 is 0 Å². The Morgan fingerprint density at radius 2 is 0.667 bits per heavy atom. The number of furan rings is 1. The highest BCUT2D eigenvalue weighted by Crippen LogP contribution is 2.48. The third kappa shape index (κ3) is 4.83. The lowest BCUT2D eigenvalue weighted by atomic mass is 9.84. The Bertz CT molecular complexity index is 3450. The molecule has 0 unspecified atom stereocenters. The summed E-state index contributed by atoms with van der Waals surface area (Å²) in [5.74, 6) is 0. The highest BCUT2D eigenvalue weighted by molar-refractivity contribution is 6.25. The van der Waals surface area contributed by atoms with Crippen LogP contribution < -0.4 is 0 Å². The van der Waals surface area contributed by atoms with Crippen LogP contribution in [0.2, 0.25) is 0 Å². The molecule has 57 heavy (non-hydrogen) atoms. The van der Waals surface area contributed by atoms with E-state index in [0.29, 0.717) is 0 Å². The van der Waals surface area contributed by atoms with E-state index in [9.17, 15) is 0 Å². The standard InChI is InChI=1S/C56H34O/c1-2-16-36(17-3-1)53-42-20-6-8-22-44(42)54(45-23-9-7-21-43(45)53)37-30-32-51-50(33-37)40-31-29-38(34-52(40)57-51)55-46-24-10-12-26-48(46)56(49-27-13-11-25-47(49)55)41-28-14-18-35-15-4-5-19-39(35)41/h1-34H. The van der Waals surface area contributed by atoms with Crippen molar-refractivity contribution in [3.63, 3.8) is 0 Å². The molecule has 0 fully saturated rings. The van der Waals surface area contributed by atoms with Gasteiger partial charge >= 0.3 is 0 Å². The maximum atomic E-state index is 6.72. The molecular formula is C56H34O. The fourth-order valence-corrected chi connectivity index (χ4v) is 9.62. The fraction of sp³-hybridized carbons (Fsp3) is 0.